The number of anilines is 2. The maximum absolute atomic E-state index is 12.6. The van der Waals surface area contributed by atoms with Crippen molar-refractivity contribution < 1.29 is 4.79 Å². The number of hydrogen-bond donors (Lipinski definition) is 1. The molecule has 1 aliphatic heterocycles. The summed E-state index contributed by atoms with van der Waals surface area (Å²) in [6, 6.07) is 8.96. The van der Waals surface area contributed by atoms with Crippen LogP contribution in [-0.2, 0) is 7.05 Å². The van der Waals surface area contributed by atoms with Gasteiger partial charge in [0.1, 0.15) is 0 Å². The summed E-state index contributed by atoms with van der Waals surface area (Å²) in [5, 5.41) is 4.91. The molecular formula is C21H22N4O2. The molecule has 0 bridgehead atoms. The molecule has 0 atom stereocenters. The fourth-order valence-electron chi connectivity index (χ4n) is 3.58. The van der Waals surface area contributed by atoms with E-state index < -0.39 is 0 Å². The number of piperidine rings is 1. The van der Waals surface area contributed by atoms with Gasteiger partial charge in [-0.25, -0.2) is 0 Å². The number of hydrogen-bond acceptors (Lipinski definition) is 4. The Hall–Kier alpha value is -3.15. The highest BCUT2D eigenvalue weighted by Gasteiger charge is 2.16. The smallest absolute Gasteiger partial charge is 0.255 e. The molecule has 1 fully saturated rings. The third kappa shape index (κ3) is 3.43. The largest absolute Gasteiger partial charge is 0.371 e. The molecule has 4 rings (SSSR count). The zero-order valence-corrected chi connectivity index (χ0v) is 15.3. The number of nitrogens with zero attached hydrogens (tertiary/aromatic N) is 3. The maximum atomic E-state index is 12.6. The summed E-state index contributed by atoms with van der Waals surface area (Å²) < 4.78 is 1.43. The second-order valence-corrected chi connectivity index (χ2v) is 6.92. The van der Waals surface area contributed by atoms with Gasteiger partial charge in [0, 0.05) is 66.8 Å². The molecule has 0 radical (unpaired) electrons. The molecule has 0 unspecified atom stereocenters. The number of amides is 1. The Kier molecular flexibility index (Phi) is 4.62. The lowest BCUT2D eigenvalue weighted by molar-refractivity contribution is 0.102. The topological polar surface area (TPSA) is 67.2 Å². The number of pyridine rings is 2. The Morgan fingerprint density at radius 3 is 2.67 bits per heavy atom. The number of carbonyl (C=O) groups is 1. The Bertz CT molecular complexity index is 1050. The lowest BCUT2D eigenvalue weighted by atomic mass is 10.0. The Labute approximate surface area is 157 Å². The van der Waals surface area contributed by atoms with Crippen molar-refractivity contribution in [3.05, 3.63) is 64.8 Å². The van der Waals surface area contributed by atoms with Crippen LogP contribution >= 0.6 is 0 Å². The monoisotopic (exact) mass is 362 g/mol. The van der Waals surface area contributed by atoms with Gasteiger partial charge in [-0.3, -0.25) is 14.6 Å². The van der Waals surface area contributed by atoms with Crippen LogP contribution in [0.25, 0.3) is 10.8 Å². The minimum atomic E-state index is -0.302. The second-order valence-electron chi connectivity index (χ2n) is 6.92. The third-order valence-corrected chi connectivity index (χ3v) is 5.11. The molecule has 1 amide bonds. The average Bonchev–Trinajstić information content (AvgIpc) is 2.71. The van der Waals surface area contributed by atoms with Crippen LogP contribution in [0.2, 0.25) is 0 Å². The van der Waals surface area contributed by atoms with Gasteiger partial charge in [-0.05, 0) is 43.5 Å². The van der Waals surface area contributed by atoms with Gasteiger partial charge in [0.15, 0.2) is 0 Å². The number of fused-ring (bicyclic) bond motifs is 1. The van der Waals surface area contributed by atoms with Crippen molar-refractivity contribution in [2.24, 2.45) is 7.05 Å². The summed E-state index contributed by atoms with van der Waals surface area (Å²) in [6.45, 7) is 2.10. The van der Waals surface area contributed by atoms with E-state index in [1.807, 2.05) is 12.1 Å². The average molecular weight is 362 g/mol. The van der Waals surface area contributed by atoms with Crippen LogP contribution in [0.15, 0.2) is 53.7 Å². The van der Waals surface area contributed by atoms with Crippen molar-refractivity contribution >= 4 is 28.1 Å². The van der Waals surface area contributed by atoms with E-state index in [9.17, 15) is 9.59 Å². The molecule has 1 saturated heterocycles. The van der Waals surface area contributed by atoms with E-state index in [1.54, 1.807) is 31.7 Å². The van der Waals surface area contributed by atoms with Gasteiger partial charge in [-0.1, -0.05) is 0 Å². The van der Waals surface area contributed by atoms with Crippen LogP contribution in [0, 0.1) is 0 Å². The van der Waals surface area contributed by atoms with E-state index in [-0.39, 0.29) is 11.5 Å². The van der Waals surface area contributed by atoms with Gasteiger partial charge < -0.3 is 14.8 Å². The molecule has 0 aliphatic carbocycles. The molecule has 6 heteroatoms. The molecule has 2 aromatic heterocycles. The van der Waals surface area contributed by atoms with Crippen molar-refractivity contribution in [1.82, 2.24) is 9.55 Å². The van der Waals surface area contributed by atoms with Crippen molar-refractivity contribution in [2.45, 2.75) is 19.3 Å². The number of benzene rings is 1. The zero-order valence-electron chi connectivity index (χ0n) is 15.3. The normalized spacial score (nSPS) is 14.3. The highest BCUT2D eigenvalue weighted by atomic mass is 16.2. The highest BCUT2D eigenvalue weighted by molar-refractivity contribution is 6.11. The van der Waals surface area contributed by atoms with E-state index in [0.717, 1.165) is 23.9 Å². The molecule has 1 aromatic carbocycles. The molecule has 1 aliphatic rings. The number of rotatable bonds is 3. The van der Waals surface area contributed by atoms with Crippen LogP contribution in [0.4, 0.5) is 11.4 Å². The highest BCUT2D eigenvalue weighted by Crippen LogP contribution is 2.33. The Morgan fingerprint density at radius 1 is 1.07 bits per heavy atom. The quantitative estimate of drug-likeness (QED) is 0.777. The Balaban J connectivity index is 1.69. The minimum Gasteiger partial charge on any atom is -0.371 e. The molecule has 6 nitrogen and oxygen atoms in total. The first kappa shape index (κ1) is 17.3. The van der Waals surface area contributed by atoms with Crippen molar-refractivity contribution in [3.8, 4) is 0 Å². The van der Waals surface area contributed by atoms with Crippen molar-refractivity contribution in [3.63, 3.8) is 0 Å². The standard InChI is InChI=1S/C21H22N4O2/c1-24-12-8-15(13-20(24)26)21(27)23-18-5-6-19(25-10-3-2-4-11-25)16-7-9-22-14-17(16)18/h5-9,12-14H,2-4,10-11H2,1H3,(H,23,27). The van der Waals surface area contributed by atoms with Crippen LogP contribution in [0.1, 0.15) is 29.6 Å². The minimum absolute atomic E-state index is 0.213. The summed E-state index contributed by atoms with van der Waals surface area (Å²) in [6.07, 6.45) is 8.84. The summed E-state index contributed by atoms with van der Waals surface area (Å²) in [4.78, 5) is 31.1. The number of aromatic nitrogens is 2. The number of aryl methyl sites for hydroxylation is 1. The van der Waals surface area contributed by atoms with Gasteiger partial charge >= 0.3 is 0 Å². The van der Waals surface area contributed by atoms with Crippen LogP contribution in [-0.4, -0.2) is 28.5 Å². The molecule has 3 aromatic rings. The third-order valence-electron chi connectivity index (χ3n) is 5.11. The first-order chi connectivity index (χ1) is 13.1. The Morgan fingerprint density at radius 2 is 1.89 bits per heavy atom. The summed E-state index contributed by atoms with van der Waals surface area (Å²) in [7, 11) is 1.66. The second kappa shape index (κ2) is 7.23. The van der Waals surface area contributed by atoms with E-state index in [2.05, 4.69) is 21.3 Å². The fourth-order valence-corrected chi connectivity index (χ4v) is 3.58. The molecule has 0 spiro atoms. The first-order valence-electron chi connectivity index (χ1n) is 9.23. The molecular weight excluding hydrogens is 340 g/mol. The maximum Gasteiger partial charge on any atom is 0.255 e. The van der Waals surface area contributed by atoms with Gasteiger partial charge in [0.05, 0.1) is 5.69 Å². The van der Waals surface area contributed by atoms with Crippen LogP contribution in [0.5, 0.6) is 0 Å². The van der Waals surface area contributed by atoms with Gasteiger partial charge in [-0.15, -0.1) is 0 Å². The molecule has 27 heavy (non-hydrogen) atoms. The molecule has 1 N–H and O–H groups in total. The van der Waals surface area contributed by atoms with Gasteiger partial charge in [0.2, 0.25) is 0 Å². The van der Waals surface area contributed by atoms with Crippen molar-refractivity contribution in [2.75, 3.05) is 23.3 Å². The van der Waals surface area contributed by atoms with Gasteiger partial charge in [0.25, 0.3) is 11.5 Å². The van der Waals surface area contributed by atoms with E-state index in [1.165, 1.54) is 35.6 Å². The SMILES string of the molecule is Cn1ccc(C(=O)Nc2ccc(N3CCCCC3)c3ccncc23)cc1=O. The van der Waals surface area contributed by atoms with E-state index in [4.69, 9.17) is 0 Å². The van der Waals surface area contributed by atoms with E-state index >= 15 is 0 Å². The van der Waals surface area contributed by atoms with Crippen molar-refractivity contribution in [1.29, 1.82) is 0 Å². The van der Waals surface area contributed by atoms with Crippen LogP contribution in [0.3, 0.4) is 0 Å². The molecule has 138 valence electrons. The van der Waals surface area contributed by atoms with Gasteiger partial charge in [-0.2, -0.15) is 0 Å². The van der Waals surface area contributed by atoms with Crippen LogP contribution < -0.4 is 15.8 Å². The first-order valence-corrected chi connectivity index (χ1v) is 9.23. The summed E-state index contributed by atoms with van der Waals surface area (Å²) >= 11 is 0. The lowest BCUT2D eigenvalue weighted by Gasteiger charge is -2.30. The summed E-state index contributed by atoms with van der Waals surface area (Å²) in [5.41, 5.74) is 2.01. The predicted molar refractivity (Wildman–Crippen MR) is 107 cm³/mol. The number of nitrogens with one attached hydrogen (secondary N) is 1. The number of carbonyl (C=O) groups excluding carboxylic acids is 1. The molecule has 0 saturated carbocycles. The summed E-state index contributed by atoms with van der Waals surface area (Å²) in [5.74, 6) is -0.302. The fraction of sp³-hybridized carbons (Fsp3) is 0.286. The van der Waals surface area contributed by atoms with E-state index in [0.29, 0.717) is 11.3 Å². The zero-order chi connectivity index (χ0) is 18.8. The predicted octanol–water partition coefficient (Wildman–Crippen LogP) is 3.18. The lowest BCUT2D eigenvalue weighted by Crippen LogP contribution is -2.29. The molecule has 3 heterocycles.